The van der Waals surface area contributed by atoms with E-state index in [0.29, 0.717) is 17.2 Å². The first kappa shape index (κ1) is 25.5. The van der Waals surface area contributed by atoms with Crippen molar-refractivity contribution in [2.45, 2.75) is 96.4 Å². The summed E-state index contributed by atoms with van der Waals surface area (Å²) in [6.45, 7) is 14.8. The fraction of sp³-hybridized carbons (Fsp3) is 0.500. The van der Waals surface area contributed by atoms with Crippen LogP contribution in [0.2, 0.25) is 0 Å². The number of hydrogen-bond donors (Lipinski definition) is 2. The van der Waals surface area contributed by atoms with Crippen LogP contribution < -0.4 is 4.72 Å². The summed E-state index contributed by atoms with van der Waals surface area (Å²) in [4.78, 5) is 3.80. The van der Waals surface area contributed by atoms with E-state index in [1.165, 1.54) is 5.56 Å². The lowest BCUT2D eigenvalue weighted by Gasteiger charge is -2.25. The molecule has 1 aromatic heterocycles. The van der Waals surface area contributed by atoms with Crippen molar-refractivity contribution in [3.05, 3.63) is 64.8 Å². The highest BCUT2D eigenvalue weighted by atomic mass is 32.2. The first-order valence-electron chi connectivity index (χ1n) is 12.3. The van der Waals surface area contributed by atoms with Gasteiger partial charge in [-0.1, -0.05) is 85.2 Å². The van der Waals surface area contributed by atoms with Crippen LogP contribution >= 0.6 is 0 Å². The zero-order valence-electron chi connectivity index (χ0n) is 21.2. The van der Waals surface area contributed by atoms with Crippen LogP contribution in [0.25, 0.3) is 10.9 Å². The van der Waals surface area contributed by atoms with Crippen LogP contribution in [-0.4, -0.2) is 19.4 Å². The zero-order valence-corrected chi connectivity index (χ0v) is 22.0. The number of para-hydroxylation sites is 1. The van der Waals surface area contributed by atoms with E-state index in [-0.39, 0.29) is 17.9 Å². The van der Waals surface area contributed by atoms with Crippen LogP contribution in [0, 0.1) is 0 Å². The van der Waals surface area contributed by atoms with Crippen molar-refractivity contribution >= 4 is 20.9 Å². The van der Waals surface area contributed by atoms with Crippen molar-refractivity contribution in [2.75, 3.05) is 0 Å². The minimum atomic E-state index is -3.69. The molecular weight excluding hydrogens is 428 g/mol. The summed E-state index contributed by atoms with van der Waals surface area (Å²) in [5, 5.41) is 1.16. The molecule has 3 rings (SSSR count). The van der Waals surface area contributed by atoms with Crippen LogP contribution in [0.3, 0.4) is 0 Å². The Hall–Kier alpha value is -2.11. The molecule has 0 saturated heterocycles. The molecule has 5 heteroatoms. The van der Waals surface area contributed by atoms with Crippen molar-refractivity contribution in [3.8, 4) is 0 Å². The summed E-state index contributed by atoms with van der Waals surface area (Å²) in [5.41, 5.74) is 5.26. The highest BCUT2D eigenvalue weighted by Crippen LogP contribution is 2.35. The Kier molecular flexibility index (Phi) is 8.07. The van der Waals surface area contributed by atoms with E-state index in [2.05, 4.69) is 82.4 Å². The molecule has 33 heavy (non-hydrogen) atoms. The van der Waals surface area contributed by atoms with Gasteiger partial charge in [-0.15, -0.1) is 0 Å². The number of aromatic nitrogens is 1. The van der Waals surface area contributed by atoms with E-state index in [1.807, 2.05) is 18.3 Å². The Morgan fingerprint density at radius 3 is 2.06 bits per heavy atom. The zero-order chi connectivity index (χ0) is 24.3. The maximum atomic E-state index is 13.9. The Balaban J connectivity index is 2.04. The molecule has 0 unspecified atom stereocenters. The molecule has 0 radical (unpaired) electrons. The third-order valence-corrected chi connectivity index (χ3v) is 8.10. The van der Waals surface area contributed by atoms with Crippen LogP contribution in [0.5, 0.6) is 0 Å². The van der Waals surface area contributed by atoms with Crippen molar-refractivity contribution in [2.24, 2.45) is 0 Å². The predicted molar refractivity (Wildman–Crippen MR) is 140 cm³/mol. The van der Waals surface area contributed by atoms with Gasteiger partial charge >= 0.3 is 0 Å². The third-order valence-electron chi connectivity index (χ3n) is 6.45. The number of fused-ring (bicyclic) bond motifs is 1. The second-order valence-corrected chi connectivity index (χ2v) is 11.8. The molecule has 4 nitrogen and oxygen atoms in total. The molecule has 180 valence electrons. The molecule has 0 saturated carbocycles. The molecule has 0 aliphatic heterocycles. The molecular formula is C28H40N2O2S. The molecule has 2 aromatic carbocycles. The largest absolute Gasteiger partial charge is 0.361 e. The lowest BCUT2D eigenvalue weighted by atomic mass is 9.89. The van der Waals surface area contributed by atoms with Crippen LogP contribution in [0.1, 0.15) is 101 Å². The molecule has 0 amide bonds. The average molecular weight is 469 g/mol. The van der Waals surface area contributed by atoms with Gasteiger partial charge in [0.1, 0.15) is 0 Å². The molecule has 0 aliphatic rings. The standard InChI is InChI=1S/C28H40N2O2S/c1-8-11-23(14-22-17-29-27-13-10-9-12-24(22)27)30-33(31,32)28-25(19(4)5)15-21(18(2)3)16-26(28)20(6)7/h9-10,12-13,15-20,23,29-30H,8,11,14H2,1-7H3/t23-/m0/s1. The maximum absolute atomic E-state index is 13.9. The fourth-order valence-corrected chi connectivity index (χ4v) is 6.56. The minimum Gasteiger partial charge on any atom is -0.361 e. The van der Waals surface area contributed by atoms with E-state index < -0.39 is 10.0 Å². The topological polar surface area (TPSA) is 62.0 Å². The number of benzene rings is 2. The fourth-order valence-electron chi connectivity index (χ4n) is 4.60. The molecule has 0 aliphatic carbocycles. The van der Waals surface area contributed by atoms with Gasteiger partial charge in [-0.3, -0.25) is 0 Å². The van der Waals surface area contributed by atoms with Gasteiger partial charge in [-0.25, -0.2) is 13.1 Å². The van der Waals surface area contributed by atoms with Gasteiger partial charge in [-0.2, -0.15) is 0 Å². The summed E-state index contributed by atoms with van der Waals surface area (Å²) in [6.07, 6.45) is 4.38. The minimum absolute atomic E-state index is 0.117. The number of rotatable bonds is 10. The Bertz CT molecular complexity index is 1160. The van der Waals surface area contributed by atoms with Gasteiger partial charge in [0.2, 0.25) is 10.0 Å². The van der Waals surface area contributed by atoms with Gasteiger partial charge < -0.3 is 4.98 Å². The number of nitrogens with one attached hydrogen (secondary N) is 2. The van der Waals surface area contributed by atoms with Crippen LogP contribution in [0.4, 0.5) is 0 Å². The highest BCUT2D eigenvalue weighted by molar-refractivity contribution is 7.89. The number of hydrogen-bond acceptors (Lipinski definition) is 2. The lowest BCUT2D eigenvalue weighted by molar-refractivity contribution is 0.518. The summed E-state index contributed by atoms with van der Waals surface area (Å²) < 4.78 is 31.0. The number of sulfonamides is 1. The summed E-state index contributed by atoms with van der Waals surface area (Å²) in [7, 11) is -3.69. The van der Waals surface area contributed by atoms with E-state index in [0.717, 1.165) is 40.4 Å². The molecule has 1 heterocycles. The normalized spacial score (nSPS) is 13.5. The monoisotopic (exact) mass is 468 g/mol. The van der Waals surface area contributed by atoms with Crippen molar-refractivity contribution in [1.29, 1.82) is 0 Å². The van der Waals surface area contributed by atoms with Crippen molar-refractivity contribution in [1.82, 2.24) is 9.71 Å². The van der Waals surface area contributed by atoms with Crippen molar-refractivity contribution < 1.29 is 8.42 Å². The SMILES string of the molecule is CCC[C@@H](Cc1c[nH]c2ccccc12)NS(=O)(=O)c1c(C(C)C)cc(C(C)C)cc1C(C)C. The Labute approximate surface area is 200 Å². The van der Waals surface area contributed by atoms with Gasteiger partial charge in [0, 0.05) is 23.1 Å². The summed E-state index contributed by atoms with van der Waals surface area (Å²) in [6, 6.07) is 12.2. The van der Waals surface area contributed by atoms with Crippen LogP contribution in [0.15, 0.2) is 47.5 Å². The van der Waals surface area contributed by atoms with Crippen molar-refractivity contribution in [3.63, 3.8) is 0 Å². The van der Waals surface area contributed by atoms with Gasteiger partial charge in [0.05, 0.1) is 4.90 Å². The van der Waals surface area contributed by atoms with Gasteiger partial charge in [0.25, 0.3) is 0 Å². The van der Waals surface area contributed by atoms with E-state index in [4.69, 9.17) is 0 Å². The number of H-pyrrole nitrogens is 1. The second kappa shape index (κ2) is 10.4. The predicted octanol–water partition coefficient (Wildman–Crippen LogP) is 7.23. The third kappa shape index (κ3) is 5.70. The highest BCUT2D eigenvalue weighted by Gasteiger charge is 2.29. The summed E-state index contributed by atoms with van der Waals surface area (Å²) in [5.74, 6) is 0.580. The average Bonchev–Trinajstić information content (AvgIpc) is 3.15. The molecule has 3 aromatic rings. The second-order valence-electron chi connectivity index (χ2n) is 10.2. The first-order valence-corrected chi connectivity index (χ1v) is 13.8. The number of aromatic amines is 1. The summed E-state index contributed by atoms with van der Waals surface area (Å²) >= 11 is 0. The lowest BCUT2D eigenvalue weighted by Crippen LogP contribution is -2.37. The van der Waals surface area contributed by atoms with Gasteiger partial charge in [0.15, 0.2) is 0 Å². The molecule has 1 atom stereocenters. The molecule has 0 spiro atoms. The Morgan fingerprint density at radius 2 is 1.52 bits per heavy atom. The van der Waals surface area contributed by atoms with E-state index in [9.17, 15) is 8.42 Å². The smallest absolute Gasteiger partial charge is 0.241 e. The quantitative estimate of drug-likeness (QED) is 0.330. The van der Waals surface area contributed by atoms with Gasteiger partial charge in [-0.05, 0) is 58.9 Å². The molecule has 0 bridgehead atoms. The maximum Gasteiger partial charge on any atom is 0.241 e. The Morgan fingerprint density at radius 1 is 0.909 bits per heavy atom. The first-order chi connectivity index (χ1) is 15.5. The van der Waals surface area contributed by atoms with E-state index >= 15 is 0 Å². The van der Waals surface area contributed by atoms with E-state index in [1.54, 1.807) is 0 Å². The van der Waals surface area contributed by atoms with Crippen LogP contribution in [-0.2, 0) is 16.4 Å². The molecule has 2 N–H and O–H groups in total. The molecule has 0 fully saturated rings.